The molecule has 3 heterocycles. The number of rotatable bonds is 7. The van der Waals surface area contributed by atoms with Crippen molar-refractivity contribution in [2.24, 2.45) is 39.4 Å². The summed E-state index contributed by atoms with van der Waals surface area (Å²) in [6.45, 7) is 15.3. The number of fused-ring (bicyclic) bond motifs is 4. The normalized spacial score (nSPS) is 52.0. The van der Waals surface area contributed by atoms with E-state index in [-0.39, 0.29) is 45.8 Å². The van der Waals surface area contributed by atoms with Crippen molar-refractivity contribution in [1.29, 1.82) is 0 Å². The number of esters is 1. The van der Waals surface area contributed by atoms with E-state index in [4.69, 9.17) is 18.9 Å². The van der Waals surface area contributed by atoms with E-state index in [1.807, 2.05) is 19.9 Å². The number of hydrogen-bond acceptors (Lipinski definition) is 10. The van der Waals surface area contributed by atoms with Gasteiger partial charge in [0.2, 0.25) is 0 Å². The highest BCUT2D eigenvalue weighted by atomic mass is 16.7. The lowest BCUT2D eigenvalue weighted by atomic mass is 9.34. The second kappa shape index (κ2) is 11.8. The fraction of sp³-hybridized carbons (Fsp3) is 0.917. The van der Waals surface area contributed by atoms with Crippen LogP contribution in [0.5, 0.6) is 0 Å². The van der Waals surface area contributed by atoms with Gasteiger partial charge in [0.15, 0.2) is 6.29 Å². The summed E-state index contributed by atoms with van der Waals surface area (Å²) in [6.07, 6.45) is 1.03. The average Bonchev–Trinajstić information content (AvgIpc) is 3.44. The first kappa shape index (κ1) is 34.7. The fourth-order valence-corrected chi connectivity index (χ4v) is 11.8. The number of hydrogen-bond donors (Lipinski definition) is 5. The zero-order valence-corrected chi connectivity index (χ0v) is 28.8. The van der Waals surface area contributed by atoms with Crippen LogP contribution in [0.3, 0.4) is 0 Å². The molecule has 262 valence electrons. The third-order valence-corrected chi connectivity index (χ3v) is 14.1. The van der Waals surface area contributed by atoms with Crippen LogP contribution in [-0.4, -0.2) is 99.3 Å². The van der Waals surface area contributed by atoms with Crippen molar-refractivity contribution in [3.05, 3.63) is 11.6 Å². The first-order chi connectivity index (χ1) is 21.4. The van der Waals surface area contributed by atoms with Crippen LogP contribution in [0.4, 0.5) is 0 Å². The predicted octanol–water partition coefficient (Wildman–Crippen LogP) is 3.25. The predicted molar refractivity (Wildman–Crippen MR) is 168 cm³/mol. The molecule has 0 bridgehead atoms. The lowest BCUT2D eigenvalue weighted by Gasteiger charge is -2.70. The summed E-state index contributed by atoms with van der Waals surface area (Å²) in [5.74, 6) is 0.708. The number of allylic oxidation sites excluding steroid dienone is 1. The molecule has 6 fully saturated rings. The summed E-state index contributed by atoms with van der Waals surface area (Å²) in [5, 5.41) is 51.8. The highest BCUT2D eigenvalue weighted by Crippen LogP contribution is 2.75. The molecule has 10 heteroatoms. The first-order valence-corrected chi connectivity index (χ1v) is 17.6. The molecule has 0 amide bonds. The SMILES string of the molecule is CC(C)=CC(O)CC1(C)OC1C1CCC2C3(C)CCC(OC4OC(CO)C(O)C(O)C4O)C(C)(C)C3CCC2(C)C12COC(=O)C2. The Labute approximate surface area is 273 Å². The summed E-state index contributed by atoms with van der Waals surface area (Å²) in [7, 11) is 0. The molecule has 6 aliphatic rings. The number of ether oxygens (including phenoxy) is 4. The van der Waals surface area contributed by atoms with Crippen molar-refractivity contribution in [3.63, 3.8) is 0 Å². The Kier molecular flexibility index (Phi) is 8.88. The summed E-state index contributed by atoms with van der Waals surface area (Å²) in [5.41, 5.74) is -0.144. The van der Waals surface area contributed by atoms with Crippen molar-refractivity contribution in [3.8, 4) is 0 Å². The lowest BCUT2D eigenvalue weighted by Crippen LogP contribution is -2.66. The Morgan fingerprint density at radius 1 is 0.978 bits per heavy atom. The van der Waals surface area contributed by atoms with E-state index in [1.54, 1.807) is 0 Å². The second-order valence-electron chi connectivity index (χ2n) is 17.3. The minimum absolute atomic E-state index is 0.0235. The molecule has 3 aliphatic carbocycles. The molecule has 1 spiro atoms. The standard InChI is InChI=1S/C36H58O10/c1-19(2)14-20(38)15-35(7)30(46-35)21-8-9-24-33(5)12-11-25(45-31-29(42)28(41)27(40)22(17-37)44-31)32(3,4)23(33)10-13-34(24,6)36(21)16-26(39)43-18-36/h14,20-25,27-31,37-38,40-42H,8-13,15-18H2,1-7H3. The maximum Gasteiger partial charge on any atom is 0.306 e. The van der Waals surface area contributed by atoms with Gasteiger partial charge in [0, 0.05) is 11.8 Å². The van der Waals surface area contributed by atoms with Crippen LogP contribution in [0.2, 0.25) is 0 Å². The van der Waals surface area contributed by atoms with E-state index >= 15 is 0 Å². The summed E-state index contributed by atoms with van der Waals surface area (Å²) < 4.78 is 24.5. The number of cyclic esters (lactones) is 1. The topological polar surface area (TPSA) is 158 Å². The van der Waals surface area contributed by atoms with Crippen LogP contribution in [0, 0.1) is 39.4 Å². The Hall–Kier alpha value is -1.11. The zero-order valence-electron chi connectivity index (χ0n) is 28.8. The van der Waals surface area contributed by atoms with Gasteiger partial charge in [0.1, 0.15) is 24.4 Å². The van der Waals surface area contributed by atoms with E-state index in [0.717, 1.165) is 44.1 Å². The quantitative estimate of drug-likeness (QED) is 0.120. The summed E-state index contributed by atoms with van der Waals surface area (Å²) >= 11 is 0. The van der Waals surface area contributed by atoms with Crippen LogP contribution in [-0.2, 0) is 23.7 Å². The van der Waals surface area contributed by atoms with Gasteiger partial charge in [-0.05, 0) is 93.3 Å². The molecular weight excluding hydrogens is 592 g/mol. The van der Waals surface area contributed by atoms with Crippen molar-refractivity contribution < 1.29 is 49.3 Å². The molecule has 3 saturated carbocycles. The van der Waals surface area contributed by atoms with E-state index < -0.39 is 49.0 Å². The largest absolute Gasteiger partial charge is 0.465 e. The second-order valence-corrected chi connectivity index (χ2v) is 17.3. The van der Waals surface area contributed by atoms with Crippen LogP contribution < -0.4 is 0 Å². The number of carbonyl (C=O) groups is 1. The Morgan fingerprint density at radius 2 is 1.70 bits per heavy atom. The molecule has 6 rings (SSSR count). The third kappa shape index (κ3) is 5.24. The van der Waals surface area contributed by atoms with Crippen LogP contribution >= 0.6 is 0 Å². The number of carbonyl (C=O) groups excluding carboxylic acids is 1. The fourth-order valence-electron chi connectivity index (χ4n) is 11.8. The minimum atomic E-state index is -1.47. The summed E-state index contributed by atoms with van der Waals surface area (Å²) in [6, 6.07) is 0. The van der Waals surface area contributed by atoms with Gasteiger partial charge in [-0.15, -0.1) is 0 Å². The lowest BCUT2D eigenvalue weighted by molar-refractivity contribution is -0.331. The van der Waals surface area contributed by atoms with Crippen molar-refractivity contribution in [2.75, 3.05) is 13.2 Å². The Morgan fingerprint density at radius 3 is 2.33 bits per heavy atom. The number of aliphatic hydroxyl groups excluding tert-OH is 5. The van der Waals surface area contributed by atoms with Gasteiger partial charge in [0.25, 0.3) is 0 Å². The zero-order chi connectivity index (χ0) is 33.6. The van der Waals surface area contributed by atoms with Crippen LogP contribution in [0.15, 0.2) is 11.6 Å². The van der Waals surface area contributed by atoms with Crippen LogP contribution in [0.25, 0.3) is 0 Å². The Balaban J connectivity index is 1.24. The maximum absolute atomic E-state index is 13.0. The maximum atomic E-state index is 13.0. The van der Waals surface area contributed by atoms with Crippen molar-refractivity contribution in [2.45, 2.75) is 154 Å². The summed E-state index contributed by atoms with van der Waals surface area (Å²) in [4.78, 5) is 13.0. The molecule has 15 unspecified atom stereocenters. The van der Waals surface area contributed by atoms with Gasteiger partial charge < -0.3 is 44.5 Å². The Bertz CT molecular complexity index is 1200. The minimum Gasteiger partial charge on any atom is -0.465 e. The first-order valence-electron chi connectivity index (χ1n) is 17.6. The van der Waals surface area contributed by atoms with Gasteiger partial charge in [-0.1, -0.05) is 39.3 Å². The van der Waals surface area contributed by atoms with E-state index in [1.165, 1.54) is 0 Å². The van der Waals surface area contributed by atoms with E-state index in [0.29, 0.717) is 31.3 Å². The molecule has 46 heavy (non-hydrogen) atoms. The molecule has 10 nitrogen and oxygen atoms in total. The molecule has 0 aromatic rings. The monoisotopic (exact) mass is 650 g/mol. The number of aliphatic hydroxyl groups is 5. The highest BCUT2D eigenvalue weighted by molar-refractivity contribution is 5.73. The molecule has 5 N–H and O–H groups in total. The van der Waals surface area contributed by atoms with Gasteiger partial charge in [0.05, 0.1) is 43.5 Å². The molecule has 0 aromatic heterocycles. The van der Waals surface area contributed by atoms with Gasteiger partial charge >= 0.3 is 5.97 Å². The highest BCUT2D eigenvalue weighted by Gasteiger charge is 2.74. The molecular formula is C36H58O10. The molecule has 3 saturated heterocycles. The van der Waals surface area contributed by atoms with E-state index in [2.05, 4.69) is 34.6 Å². The van der Waals surface area contributed by atoms with Crippen molar-refractivity contribution in [1.82, 2.24) is 0 Å². The molecule has 3 aliphatic heterocycles. The van der Waals surface area contributed by atoms with Crippen molar-refractivity contribution >= 4 is 5.97 Å². The average molecular weight is 651 g/mol. The van der Waals surface area contributed by atoms with Gasteiger partial charge in [-0.3, -0.25) is 4.79 Å². The van der Waals surface area contributed by atoms with Gasteiger partial charge in [-0.25, -0.2) is 0 Å². The van der Waals surface area contributed by atoms with E-state index in [9.17, 15) is 30.3 Å². The van der Waals surface area contributed by atoms with Gasteiger partial charge in [-0.2, -0.15) is 0 Å². The number of epoxide rings is 1. The smallest absolute Gasteiger partial charge is 0.306 e. The third-order valence-electron chi connectivity index (χ3n) is 14.1. The van der Waals surface area contributed by atoms with Crippen LogP contribution in [0.1, 0.15) is 99.8 Å². The molecule has 15 atom stereocenters. The molecule has 0 radical (unpaired) electrons. The molecule has 0 aromatic carbocycles.